The predicted octanol–water partition coefficient (Wildman–Crippen LogP) is 1.67. The van der Waals surface area contributed by atoms with Crippen molar-refractivity contribution in [3.05, 3.63) is 52.6 Å². The Bertz CT molecular complexity index is 1120. The highest BCUT2D eigenvalue weighted by Crippen LogP contribution is 2.23. The number of carbonyl (C=O) groups is 2. The molecule has 29 heavy (non-hydrogen) atoms. The molecule has 2 aliphatic heterocycles. The quantitative estimate of drug-likeness (QED) is 0.724. The van der Waals surface area contributed by atoms with E-state index in [-0.39, 0.29) is 12.4 Å². The van der Waals surface area contributed by atoms with Gasteiger partial charge in [-0.2, -0.15) is 0 Å². The number of aliphatic imine (C=N–C) groups is 1. The topological polar surface area (TPSA) is 73.8 Å². The van der Waals surface area contributed by atoms with Crippen molar-refractivity contribution in [2.45, 2.75) is 33.4 Å². The lowest BCUT2D eigenvalue weighted by molar-refractivity contribution is -0.553. The summed E-state index contributed by atoms with van der Waals surface area (Å²) in [6.07, 6.45) is 0. The summed E-state index contributed by atoms with van der Waals surface area (Å²) in [6, 6.07) is 5.12. The molecule has 0 radical (unpaired) electrons. The second-order valence-corrected chi connectivity index (χ2v) is 7.34. The number of aryl methyl sites for hydroxylation is 1. The molecule has 4 rings (SSSR count). The van der Waals surface area contributed by atoms with Crippen LogP contribution in [0.1, 0.15) is 22.5 Å². The number of rotatable bonds is 2. The number of likely N-dealkylation sites (N-methyl/N-ethyl adjacent to an activating group) is 2. The number of amides is 3. The molecule has 0 spiro atoms. The number of hydrogen-bond donors (Lipinski definition) is 0. The SMILES string of the molecule is Cc1nn(C2=[N+](Cc3ccccc3F)C3C(=O)N(C)C(=O)N(C)C3=N2)c(C)c1C. The number of imide groups is 1. The molecule has 1 aromatic heterocycles. The molecule has 0 N–H and O–H groups in total. The van der Waals surface area contributed by atoms with E-state index in [4.69, 9.17) is 0 Å². The summed E-state index contributed by atoms with van der Waals surface area (Å²) in [4.78, 5) is 32.4. The third kappa shape index (κ3) is 2.76. The van der Waals surface area contributed by atoms with Gasteiger partial charge < -0.3 is 0 Å². The van der Waals surface area contributed by atoms with Gasteiger partial charge in [0.05, 0.1) is 12.2 Å². The minimum atomic E-state index is -0.832. The van der Waals surface area contributed by atoms with Gasteiger partial charge in [-0.1, -0.05) is 23.2 Å². The zero-order chi connectivity index (χ0) is 21.0. The van der Waals surface area contributed by atoms with Crippen LogP contribution in [-0.4, -0.2) is 68.0 Å². The van der Waals surface area contributed by atoms with E-state index < -0.39 is 18.0 Å². The van der Waals surface area contributed by atoms with Crippen LogP contribution in [0.3, 0.4) is 0 Å². The molecule has 1 unspecified atom stereocenters. The molecule has 2 aromatic rings. The Kier molecular flexibility index (Phi) is 4.33. The van der Waals surface area contributed by atoms with Crippen molar-refractivity contribution in [1.29, 1.82) is 0 Å². The summed E-state index contributed by atoms with van der Waals surface area (Å²) in [5, 5.41) is 4.56. The Morgan fingerprint density at radius 2 is 1.79 bits per heavy atom. The predicted molar refractivity (Wildman–Crippen MR) is 104 cm³/mol. The molecule has 3 amide bonds. The molecular weight excluding hydrogens is 375 g/mol. The van der Waals surface area contributed by atoms with Crippen molar-refractivity contribution in [2.24, 2.45) is 4.99 Å². The largest absolute Gasteiger partial charge is 0.421 e. The maximum atomic E-state index is 14.4. The maximum Gasteiger partial charge on any atom is 0.421 e. The zero-order valence-electron chi connectivity index (χ0n) is 17.0. The Balaban J connectivity index is 1.92. The van der Waals surface area contributed by atoms with E-state index in [1.54, 1.807) is 34.5 Å². The van der Waals surface area contributed by atoms with Crippen molar-refractivity contribution >= 4 is 23.7 Å². The van der Waals surface area contributed by atoms with E-state index in [1.165, 1.54) is 18.0 Å². The monoisotopic (exact) mass is 397 g/mol. The van der Waals surface area contributed by atoms with Gasteiger partial charge in [-0.3, -0.25) is 14.6 Å². The molecule has 0 bridgehead atoms. The molecule has 1 fully saturated rings. The first-order chi connectivity index (χ1) is 13.7. The van der Waals surface area contributed by atoms with Crippen molar-refractivity contribution in [3.8, 4) is 0 Å². The zero-order valence-corrected chi connectivity index (χ0v) is 17.0. The van der Waals surface area contributed by atoms with Gasteiger partial charge in [0.2, 0.25) is 11.9 Å². The van der Waals surface area contributed by atoms with E-state index in [0.717, 1.165) is 21.9 Å². The molecule has 1 atom stereocenters. The van der Waals surface area contributed by atoms with E-state index in [2.05, 4.69) is 10.1 Å². The van der Waals surface area contributed by atoms with Gasteiger partial charge >= 0.3 is 12.0 Å². The average molecular weight is 397 g/mol. The van der Waals surface area contributed by atoms with E-state index in [9.17, 15) is 14.0 Å². The summed E-state index contributed by atoms with van der Waals surface area (Å²) in [5.74, 6) is -0.0674. The number of amidine groups is 1. The normalized spacial score (nSPS) is 19.2. The smallest absolute Gasteiger partial charge is 0.270 e. The van der Waals surface area contributed by atoms with Crippen LogP contribution in [0.15, 0.2) is 29.3 Å². The number of aromatic nitrogens is 2. The van der Waals surface area contributed by atoms with Crippen LogP contribution in [-0.2, 0) is 11.3 Å². The van der Waals surface area contributed by atoms with Crippen LogP contribution < -0.4 is 0 Å². The molecule has 8 nitrogen and oxygen atoms in total. The van der Waals surface area contributed by atoms with Crippen molar-refractivity contribution in [1.82, 2.24) is 19.6 Å². The Labute approximate surface area is 167 Å². The third-order valence-electron chi connectivity index (χ3n) is 5.65. The number of halogens is 1. The van der Waals surface area contributed by atoms with Crippen LogP contribution in [0, 0.1) is 26.6 Å². The lowest BCUT2D eigenvalue weighted by Gasteiger charge is -2.31. The molecule has 1 saturated heterocycles. The van der Waals surface area contributed by atoms with E-state index >= 15 is 0 Å². The van der Waals surface area contributed by atoms with Gasteiger partial charge in [-0.15, -0.1) is 9.78 Å². The summed E-state index contributed by atoms with van der Waals surface area (Å²) in [7, 11) is 3.01. The fourth-order valence-electron chi connectivity index (χ4n) is 3.64. The lowest BCUT2D eigenvalue weighted by atomic mass is 10.1. The first-order valence-electron chi connectivity index (χ1n) is 9.26. The second kappa shape index (κ2) is 6.61. The van der Waals surface area contributed by atoms with Gasteiger partial charge in [-0.25, -0.2) is 13.8 Å². The number of carbonyl (C=O) groups excluding carboxylic acids is 2. The first-order valence-corrected chi connectivity index (χ1v) is 9.26. The summed E-state index contributed by atoms with van der Waals surface area (Å²) < 4.78 is 17.8. The van der Waals surface area contributed by atoms with Crippen LogP contribution in [0.2, 0.25) is 0 Å². The fraction of sp³-hybridized carbons (Fsp3) is 0.350. The number of hydrogen-bond acceptors (Lipinski definition) is 4. The Hall–Kier alpha value is -3.36. The summed E-state index contributed by atoms with van der Waals surface area (Å²) >= 11 is 0. The van der Waals surface area contributed by atoms with Crippen LogP contribution in [0.5, 0.6) is 0 Å². The molecule has 150 valence electrons. The van der Waals surface area contributed by atoms with E-state index in [0.29, 0.717) is 17.4 Å². The van der Waals surface area contributed by atoms with Crippen molar-refractivity contribution < 1.29 is 18.6 Å². The number of urea groups is 1. The highest BCUT2D eigenvalue weighted by molar-refractivity contribution is 6.22. The summed E-state index contributed by atoms with van der Waals surface area (Å²) in [6.45, 7) is 5.87. The molecule has 0 aliphatic carbocycles. The summed E-state index contributed by atoms with van der Waals surface area (Å²) in [5.41, 5.74) is 3.14. The second-order valence-electron chi connectivity index (χ2n) is 7.34. The highest BCUT2D eigenvalue weighted by Gasteiger charge is 2.52. The molecular formula is C20H22FN6O2+. The van der Waals surface area contributed by atoms with Crippen LogP contribution in [0.25, 0.3) is 0 Å². The standard InChI is InChI=1S/C20H22FN6O2/c1-11-12(2)23-27(13(11)3)19-22-17-16(18(28)25(5)20(29)24(17)4)26(19)10-14-8-6-7-9-15(14)21/h6-9,16H,10H2,1-5H3/q+1. The molecule has 9 heteroatoms. The average Bonchev–Trinajstić information content (AvgIpc) is 3.19. The number of nitrogens with zero attached hydrogens (tertiary/aromatic N) is 6. The van der Waals surface area contributed by atoms with Crippen molar-refractivity contribution in [3.63, 3.8) is 0 Å². The Morgan fingerprint density at radius 1 is 1.10 bits per heavy atom. The van der Waals surface area contributed by atoms with Gasteiger partial charge in [0.25, 0.3) is 5.91 Å². The lowest BCUT2D eigenvalue weighted by Crippen LogP contribution is -2.61. The van der Waals surface area contributed by atoms with Crippen molar-refractivity contribution in [2.75, 3.05) is 14.1 Å². The van der Waals surface area contributed by atoms with Crippen LogP contribution >= 0.6 is 0 Å². The molecule has 0 saturated carbocycles. The molecule has 1 aromatic carbocycles. The first kappa shape index (κ1) is 19.0. The van der Waals surface area contributed by atoms with Crippen LogP contribution in [0.4, 0.5) is 9.18 Å². The minimum Gasteiger partial charge on any atom is -0.270 e. The Morgan fingerprint density at radius 3 is 2.41 bits per heavy atom. The van der Waals surface area contributed by atoms with E-state index in [1.807, 2.05) is 20.8 Å². The minimum absolute atomic E-state index is 0.110. The number of fused-ring (bicyclic) bond motifs is 1. The van der Waals surface area contributed by atoms with Gasteiger partial charge in [-0.05, 0) is 26.8 Å². The molecule has 2 aliphatic rings. The van der Waals surface area contributed by atoms with Gasteiger partial charge in [0.1, 0.15) is 11.5 Å². The third-order valence-corrected chi connectivity index (χ3v) is 5.65. The maximum absolute atomic E-state index is 14.4. The number of benzene rings is 1. The fourth-order valence-corrected chi connectivity index (χ4v) is 3.64. The molecule has 3 heterocycles. The van der Waals surface area contributed by atoms with Gasteiger partial charge in [0.15, 0.2) is 0 Å². The highest BCUT2D eigenvalue weighted by atomic mass is 19.1. The van der Waals surface area contributed by atoms with Gasteiger partial charge in [0, 0.05) is 25.2 Å².